The molecule has 1 saturated heterocycles. The van der Waals surface area contributed by atoms with E-state index in [1.54, 1.807) is 14.0 Å². The summed E-state index contributed by atoms with van der Waals surface area (Å²) in [4.78, 5) is 32.4. The molecule has 0 radical (unpaired) electrons. The first kappa shape index (κ1) is 23.9. The number of aryl methyl sites for hydroxylation is 1. The number of aromatic nitrogens is 4. The van der Waals surface area contributed by atoms with Gasteiger partial charge < -0.3 is 25.3 Å². The first-order chi connectivity index (χ1) is 17.5. The number of hydrogen-bond acceptors (Lipinski definition) is 10. The van der Waals surface area contributed by atoms with E-state index < -0.39 is 5.91 Å². The molecule has 2 aliphatic rings. The van der Waals surface area contributed by atoms with Crippen molar-refractivity contribution in [3.05, 3.63) is 35.2 Å². The summed E-state index contributed by atoms with van der Waals surface area (Å²) in [5.74, 6) is 1.55. The quantitative estimate of drug-likeness (QED) is 0.457. The predicted octanol–water partition coefficient (Wildman–Crippen LogP) is 0.993. The Bertz CT molecular complexity index is 1350. The van der Waals surface area contributed by atoms with Crippen molar-refractivity contribution in [3.63, 3.8) is 0 Å². The van der Waals surface area contributed by atoms with Crippen LogP contribution in [0.3, 0.4) is 0 Å². The topological polar surface area (TPSA) is 142 Å². The molecular weight excluding hydrogens is 464 g/mol. The lowest BCUT2D eigenvalue weighted by molar-refractivity contribution is 0.0357. The zero-order chi connectivity index (χ0) is 25.1. The zero-order valence-electron chi connectivity index (χ0n) is 20.5. The third-order valence-electron chi connectivity index (χ3n) is 6.32. The molecule has 0 atom stereocenters. The van der Waals surface area contributed by atoms with E-state index in [-0.39, 0.29) is 17.1 Å². The van der Waals surface area contributed by atoms with Crippen molar-refractivity contribution < 1.29 is 19.0 Å². The van der Waals surface area contributed by atoms with Crippen LogP contribution in [0.4, 0.5) is 11.8 Å². The standard InChI is InChI=1S/C24H30N8O4/c1-15-17(14-27-23(25)28-15)22(33)30-24-29-19-16(21-26-6-8-32(21)24)4-5-18(20(19)34-2)36-11-3-7-31-9-12-35-13-10-31/h4-5,14,26H,3,6-13H2,1-2H3,(H2,25,27,28). The number of rotatable bonds is 7. The number of ether oxygens (including phenoxy) is 3. The largest absolute Gasteiger partial charge is 0.491 e. The van der Waals surface area contributed by atoms with Gasteiger partial charge in [-0.25, -0.2) is 15.0 Å². The van der Waals surface area contributed by atoms with E-state index in [2.05, 4.69) is 25.2 Å². The van der Waals surface area contributed by atoms with E-state index in [9.17, 15) is 4.79 Å². The van der Waals surface area contributed by atoms with Crippen LogP contribution >= 0.6 is 0 Å². The molecule has 1 amide bonds. The molecule has 36 heavy (non-hydrogen) atoms. The maximum Gasteiger partial charge on any atom is 0.283 e. The minimum atomic E-state index is -0.490. The summed E-state index contributed by atoms with van der Waals surface area (Å²) in [7, 11) is 1.59. The second kappa shape index (κ2) is 10.5. The van der Waals surface area contributed by atoms with Gasteiger partial charge in [-0.3, -0.25) is 14.3 Å². The molecule has 1 fully saturated rings. The molecule has 0 spiro atoms. The lowest BCUT2D eigenvalue weighted by Crippen LogP contribution is -2.37. The molecule has 0 unspecified atom stereocenters. The van der Waals surface area contributed by atoms with Gasteiger partial charge in [0.2, 0.25) is 11.6 Å². The van der Waals surface area contributed by atoms with Crippen molar-refractivity contribution in [2.24, 2.45) is 4.99 Å². The molecule has 3 N–H and O–H groups in total. The highest BCUT2D eigenvalue weighted by Gasteiger charge is 2.21. The van der Waals surface area contributed by atoms with Crippen molar-refractivity contribution in [2.75, 3.05) is 64.2 Å². The highest BCUT2D eigenvalue weighted by atomic mass is 16.5. The summed E-state index contributed by atoms with van der Waals surface area (Å²) in [6.07, 6.45) is 2.27. The third-order valence-corrected chi connectivity index (χ3v) is 6.32. The van der Waals surface area contributed by atoms with Crippen molar-refractivity contribution in [2.45, 2.75) is 19.9 Å². The Morgan fingerprint density at radius 2 is 2.08 bits per heavy atom. The number of fused-ring (bicyclic) bond motifs is 3. The number of nitrogens with two attached hydrogens (primary N) is 1. The maximum absolute atomic E-state index is 13.0. The van der Waals surface area contributed by atoms with Crippen LogP contribution in [0.5, 0.6) is 11.5 Å². The second-order valence-electron chi connectivity index (χ2n) is 8.63. The van der Waals surface area contributed by atoms with Crippen LogP contribution in [0.15, 0.2) is 23.3 Å². The molecule has 12 nitrogen and oxygen atoms in total. The summed E-state index contributed by atoms with van der Waals surface area (Å²) in [6.45, 7) is 7.98. The van der Waals surface area contributed by atoms with Crippen molar-refractivity contribution in [1.82, 2.24) is 24.4 Å². The Morgan fingerprint density at radius 3 is 2.86 bits per heavy atom. The van der Waals surface area contributed by atoms with E-state index in [0.29, 0.717) is 42.4 Å². The number of methoxy groups -OCH3 is 1. The van der Waals surface area contributed by atoms with Gasteiger partial charge in [0.25, 0.3) is 5.91 Å². The van der Waals surface area contributed by atoms with Crippen molar-refractivity contribution >= 4 is 28.6 Å². The fourth-order valence-electron chi connectivity index (χ4n) is 4.49. The number of carbonyl (C=O) groups is 1. The normalized spacial score (nSPS) is 16.1. The summed E-state index contributed by atoms with van der Waals surface area (Å²) in [5, 5.41) is 4.24. The molecule has 2 aromatic heterocycles. The minimum Gasteiger partial charge on any atom is -0.491 e. The van der Waals surface area contributed by atoms with E-state index >= 15 is 0 Å². The van der Waals surface area contributed by atoms with Gasteiger partial charge in [0, 0.05) is 44.3 Å². The number of nitrogens with one attached hydrogen (secondary N) is 1. The predicted molar refractivity (Wildman–Crippen MR) is 133 cm³/mol. The first-order valence-corrected chi connectivity index (χ1v) is 12.0. The number of carbonyl (C=O) groups excluding carboxylic acids is 1. The fourth-order valence-corrected chi connectivity index (χ4v) is 4.49. The number of hydrogen-bond donors (Lipinski definition) is 2. The monoisotopic (exact) mass is 494 g/mol. The van der Waals surface area contributed by atoms with Gasteiger partial charge in [-0.05, 0) is 25.5 Å². The Morgan fingerprint density at radius 1 is 1.25 bits per heavy atom. The van der Waals surface area contributed by atoms with Gasteiger partial charge in [0.05, 0.1) is 38.2 Å². The van der Waals surface area contributed by atoms with Gasteiger partial charge in [0.1, 0.15) is 11.3 Å². The van der Waals surface area contributed by atoms with Crippen molar-refractivity contribution in [3.8, 4) is 11.5 Å². The lowest BCUT2D eigenvalue weighted by Gasteiger charge is -2.26. The average Bonchev–Trinajstić information content (AvgIpc) is 3.37. The molecule has 12 heteroatoms. The van der Waals surface area contributed by atoms with Crippen LogP contribution < -0.4 is 26.1 Å². The van der Waals surface area contributed by atoms with Gasteiger partial charge in [0.15, 0.2) is 11.5 Å². The SMILES string of the molecule is COc1c(OCCCN2CCOCC2)ccc2c3n(c(=NC(=O)c4cnc(N)nc4C)nc12)CCN3. The van der Waals surface area contributed by atoms with Crippen LogP contribution in [0, 0.1) is 6.92 Å². The third kappa shape index (κ3) is 4.82. The number of nitrogen functional groups attached to an aromatic ring is 1. The fraction of sp³-hybridized carbons (Fsp3) is 0.458. The second-order valence-corrected chi connectivity index (χ2v) is 8.63. The number of benzene rings is 1. The number of amides is 1. The smallest absolute Gasteiger partial charge is 0.283 e. The molecule has 2 aliphatic heterocycles. The maximum atomic E-state index is 13.0. The molecule has 190 valence electrons. The Labute approximate surface area is 208 Å². The Balaban J connectivity index is 1.46. The Hall–Kier alpha value is -3.77. The number of anilines is 2. The number of morpholine rings is 1. The first-order valence-electron chi connectivity index (χ1n) is 12.0. The van der Waals surface area contributed by atoms with Gasteiger partial charge in [-0.2, -0.15) is 4.99 Å². The Kier molecular flexibility index (Phi) is 6.96. The molecule has 4 heterocycles. The van der Waals surface area contributed by atoms with E-state index in [1.807, 2.05) is 16.7 Å². The lowest BCUT2D eigenvalue weighted by atomic mass is 10.2. The van der Waals surface area contributed by atoms with Crippen LogP contribution in [0.25, 0.3) is 10.9 Å². The molecule has 1 aromatic carbocycles. The highest BCUT2D eigenvalue weighted by Crippen LogP contribution is 2.37. The minimum absolute atomic E-state index is 0.106. The summed E-state index contributed by atoms with van der Waals surface area (Å²) in [6, 6.07) is 3.85. The molecule has 0 bridgehead atoms. The van der Waals surface area contributed by atoms with Gasteiger partial charge in [-0.1, -0.05) is 0 Å². The van der Waals surface area contributed by atoms with E-state index in [4.69, 9.17) is 24.9 Å². The average molecular weight is 495 g/mol. The molecule has 0 saturated carbocycles. The van der Waals surface area contributed by atoms with Gasteiger partial charge in [-0.15, -0.1) is 0 Å². The summed E-state index contributed by atoms with van der Waals surface area (Å²) < 4.78 is 19.1. The summed E-state index contributed by atoms with van der Waals surface area (Å²) in [5.41, 5.74) is 7.20. The molecule has 3 aromatic rings. The molecule has 5 rings (SSSR count). The van der Waals surface area contributed by atoms with Crippen LogP contribution in [0.1, 0.15) is 22.5 Å². The van der Waals surface area contributed by atoms with E-state index in [1.165, 1.54) is 6.20 Å². The molecule has 0 aliphatic carbocycles. The van der Waals surface area contributed by atoms with Crippen LogP contribution in [-0.4, -0.2) is 83.4 Å². The number of nitrogens with zero attached hydrogens (tertiary/aromatic N) is 6. The highest BCUT2D eigenvalue weighted by molar-refractivity contribution is 5.97. The van der Waals surface area contributed by atoms with Crippen molar-refractivity contribution in [1.29, 1.82) is 0 Å². The molecular formula is C24H30N8O4. The van der Waals surface area contributed by atoms with Crippen LogP contribution in [0.2, 0.25) is 0 Å². The van der Waals surface area contributed by atoms with Gasteiger partial charge >= 0.3 is 0 Å². The van der Waals surface area contributed by atoms with Crippen LogP contribution in [-0.2, 0) is 11.3 Å². The zero-order valence-corrected chi connectivity index (χ0v) is 20.5. The summed E-state index contributed by atoms with van der Waals surface area (Å²) >= 11 is 0. The van der Waals surface area contributed by atoms with E-state index in [0.717, 1.165) is 50.5 Å².